The molecule has 0 spiro atoms. The van der Waals surface area contributed by atoms with Crippen molar-refractivity contribution in [1.29, 1.82) is 0 Å². The molecule has 0 heterocycles. The Morgan fingerprint density at radius 3 is 2.45 bits per heavy atom. The molecular weight excluding hydrogens is 186 g/mol. The number of halogens is 3. The van der Waals surface area contributed by atoms with Crippen molar-refractivity contribution in [2.24, 2.45) is 0 Å². The second-order valence-electron chi connectivity index (χ2n) is 2.32. The highest BCUT2D eigenvalue weighted by molar-refractivity contribution is 6.30. The van der Waals surface area contributed by atoms with Gasteiger partial charge >= 0.3 is 0 Å². The summed E-state index contributed by atoms with van der Waals surface area (Å²) in [5.74, 6) is -0.347. The SMILES string of the molecule is CC(Cl)c1cc(F)cc(Cl)c1. The van der Waals surface area contributed by atoms with Crippen LogP contribution in [0.3, 0.4) is 0 Å². The van der Waals surface area contributed by atoms with Crippen LogP contribution in [0.15, 0.2) is 18.2 Å². The van der Waals surface area contributed by atoms with E-state index >= 15 is 0 Å². The zero-order valence-electron chi connectivity index (χ0n) is 5.94. The van der Waals surface area contributed by atoms with E-state index in [1.165, 1.54) is 12.1 Å². The molecule has 1 rings (SSSR count). The maximum atomic E-state index is 12.6. The summed E-state index contributed by atoms with van der Waals surface area (Å²) in [6.07, 6.45) is 0. The number of benzene rings is 1. The molecule has 1 aromatic carbocycles. The molecule has 0 nitrogen and oxygen atoms in total. The minimum Gasteiger partial charge on any atom is -0.207 e. The largest absolute Gasteiger partial charge is 0.207 e. The third-order valence-corrected chi connectivity index (χ3v) is 1.81. The highest BCUT2D eigenvalue weighted by Crippen LogP contribution is 2.23. The fraction of sp³-hybridized carbons (Fsp3) is 0.250. The average Bonchev–Trinajstić information content (AvgIpc) is 1.85. The van der Waals surface area contributed by atoms with Gasteiger partial charge in [0, 0.05) is 5.02 Å². The molecule has 0 saturated carbocycles. The van der Waals surface area contributed by atoms with E-state index < -0.39 is 0 Å². The Hall–Kier alpha value is -0.270. The molecule has 0 fully saturated rings. The molecule has 60 valence electrons. The summed E-state index contributed by atoms with van der Waals surface area (Å²) in [5.41, 5.74) is 0.705. The molecule has 0 N–H and O–H groups in total. The molecule has 0 bridgehead atoms. The molecule has 1 unspecified atom stereocenters. The van der Waals surface area contributed by atoms with Crippen molar-refractivity contribution < 1.29 is 4.39 Å². The van der Waals surface area contributed by atoms with Gasteiger partial charge in [-0.2, -0.15) is 0 Å². The van der Waals surface area contributed by atoms with Crippen LogP contribution < -0.4 is 0 Å². The summed E-state index contributed by atoms with van der Waals surface area (Å²) >= 11 is 11.3. The summed E-state index contributed by atoms with van der Waals surface area (Å²) in [4.78, 5) is 0. The molecule has 1 aromatic rings. The Morgan fingerprint density at radius 1 is 1.36 bits per heavy atom. The van der Waals surface area contributed by atoms with Crippen LogP contribution in [0.4, 0.5) is 4.39 Å². The van der Waals surface area contributed by atoms with Crippen molar-refractivity contribution in [1.82, 2.24) is 0 Å². The summed E-state index contributed by atoms with van der Waals surface area (Å²) in [7, 11) is 0. The Balaban J connectivity index is 3.08. The van der Waals surface area contributed by atoms with Crippen LogP contribution in [0.25, 0.3) is 0 Å². The first-order valence-electron chi connectivity index (χ1n) is 3.19. The monoisotopic (exact) mass is 192 g/mol. The topological polar surface area (TPSA) is 0 Å². The lowest BCUT2D eigenvalue weighted by atomic mass is 10.2. The Bertz CT molecular complexity index is 238. The summed E-state index contributed by atoms with van der Waals surface area (Å²) in [6, 6.07) is 4.29. The average molecular weight is 193 g/mol. The number of hydrogen-bond acceptors (Lipinski definition) is 0. The first kappa shape index (κ1) is 8.82. The van der Waals surface area contributed by atoms with Gasteiger partial charge in [-0.1, -0.05) is 11.6 Å². The smallest absolute Gasteiger partial charge is 0.125 e. The van der Waals surface area contributed by atoms with Gasteiger partial charge in [-0.05, 0) is 30.7 Å². The van der Waals surface area contributed by atoms with Gasteiger partial charge in [0.1, 0.15) is 5.82 Å². The lowest BCUT2D eigenvalue weighted by Crippen LogP contribution is -1.85. The van der Waals surface area contributed by atoms with Gasteiger partial charge in [0.05, 0.1) is 5.38 Å². The standard InChI is InChI=1S/C8H7Cl2F/c1-5(9)6-2-7(10)4-8(11)3-6/h2-5H,1H3. The zero-order chi connectivity index (χ0) is 8.43. The highest BCUT2D eigenvalue weighted by Gasteiger charge is 2.03. The minimum absolute atomic E-state index is 0.205. The number of hydrogen-bond donors (Lipinski definition) is 0. The first-order valence-corrected chi connectivity index (χ1v) is 4.01. The van der Waals surface area contributed by atoms with Gasteiger partial charge in [-0.25, -0.2) is 4.39 Å². The van der Waals surface area contributed by atoms with Crippen molar-refractivity contribution >= 4 is 23.2 Å². The van der Waals surface area contributed by atoms with Gasteiger partial charge in [-0.3, -0.25) is 0 Å². The quantitative estimate of drug-likeness (QED) is 0.595. The second kappa shape index (κ2) is 3.42. The molecule has 0 amide bonds. The van der Waals surface area contributed by atoms with E-state index in [1.807, 2.05) is 0 Å². The molecule has 3 heteroatoms. The normalized spacial score (nSPS) is 13.1. The Kier molecular flexibility index (Phi) is 2.74. The Labute approximate surface area is 74.9 Å². The van der Waals surface area contributed by atoms with Crippen LogP contribution in [0.2, 0.25) is 5.02 Å². The molecule has 0 aliphatic heterocycles. The van der Waals surface area contributed by atoms with Crippen molar-refractivity contribution in [3.05, 3.63) is 34.6 Å². The van der Waals surface area contributed by atoms with Gasteiger partial charge in [-0.15, -0.1) is 11.6 Å². The van der Waals surface area contributed by atoms with Gasteiger partial charge in [0.2, 0.25) is 0 Å². The van der Waals surface area contributed by atoms with E-state index in [-0.39, 0.29) is 11.2 Å². The van der Waals surface area contributed by atoms with E-state index in [9.17, 15) is 4.39 Å². The lowest BCUT2D eigenvalue weighted by molar-refractivity contribution is 0.625. The van der Waals surface area contributed by atoms with Crippen molar-refractivity contribution in [3.63, 3.8) is 0 Å². The number of alkyl halides is 1. The van der Waals surface area contributed by atoms with Gasteiger partial charge < -0.3 is 0 Å². The lowest BCUT2D eigenvalue weighted by Gasteiger charge is -2.02. The van der Waals surface area contributed by atoms with Gasteiger partial charge in [0.25, 0.3) is 0 Å². The zero-order valence-corrected chi connectivity index (χ0v) is 7.46. The van der Waals surface area contributed by atoms with E-state index in [0.29, 0.717) is 10.6 Å². The van der Waals surface area contributed by atoms with E-state index in [0.717, 1.165) is 0 Å². The van der Waals surface area contributed by atoms with Crippen LogP contribution in [0, 0.1) is 5.82 Å². The highest BCUT2D eigenvalue weighted by atomic mass is 35.5. The van der Waals surface area contributed by atoms with Gasteiger partial charge in [0.15, 0.2) is 0 Å². The summed E-state index contributed by atoms with van der Waals surface area (Å²) in [6.45, 7) is 1.77. The van der Waals surface area contributed by atoms with E-state index in [4.69, 9.17) is 23.2 Å². The fourth-order valence-electron chi connectivity index (χ4n) is 0.805. The van der Waals surface area contributed by atoms with Crippen molar-refractivity contribution in [2.75, 3.05) is 0 Å². The molecule has 0 radical (unpaired) electrons. The second-order valence-corrected chi connectivity index (χ2v) is 3.41. The van der Waals surface area contributed by atoms with Crippen molar-refractivity contribution in [3.8, 4) is 0 Å². The third-order valence-electron chi connectivity index (χ3n) is 1.34. The third kappa shape index (κ3) is 2.35. The molecule has 0 aliphatic rings. The molecule has 0 aliphatic carbocycles. The minimum atomic E-state index is -0.347. The molecule has 11 heavy (non-hydrogen) atoms. The molecule has 0 aromatic heterocycles. The summed E-state index contributed by atoms with van der Waals surface area (Å²) in [5, 5.41) is 0.177. The maximum absolute atomic E-state index is 12.6. The maximum Gasteiger partial charge on any atom is 0.125 e. The van der Waals surface area contributed by atoms with Crippen LogP contribution in [-0.2, 0) is 0 Å². The predicted octanol–water partition coefficient (Wildman–Crippen LogP) is 3.78. The summed E-state index contributed by atoms with van der Waals surface area (Å²) < 4.78 is 12.6. The predicted molar refractivity (Wildman–Crippen MR) is 45.7 cm³/mol. The first-order chi connectivity index (χ1) is 5.09. The fourth-order valence-corrected chi connectivity index (χ4v) is 1.16. The number of rotatable bonds is 1. The molecule has 1 atom stereocenters. The molecule has 0 saturated heterocycles. The van der Waals surface area contributed by atoms with Crippen LogP contribution in [0.1, 0.15) is 17.9 Å². The van der Waals surface area contributed by atoms with Crippen molar-refractivity contribution in [2.45, 2.75) is 12.3 Å². The van der Waals surface area contributed by atoms with Crippen LogP contribution in [0.5, 0.6) is 0 Å². The van der Waals surface area contributed by atoms with Crippen LogP contribution in [-0.4, -0.2) is 0 Å². The van der Waals surface area contributed by atoms with E-state index in [2.05, 4.69) is 0 Å². The molecular formula is C8H7Cl2F. The van der Waals surface area contributed by atoms with E-state index in [1.54, 1.807) is 13.0 Å². The Morgan fingerprint density at radius 2 is 2.00 bits per heavy atom. The van der Waals surface area contributed by atoms with Crippen LogP contribution >= 0.6 is 23.2 Å².